The van der Waals surface area contributed by atoms with E-state index in [2.05, 4.69) is 6.07 Å². The number of rotatable bonds is 5. The third-order valence-electron chi connectivity index (χ3n) is 5.08. The van der Waals surface area contributed by atoms with Gasteiger partial charge in [0.2, 0.25) is 5.88 Å². The van der Waals surface area contributed by atoms with E-state index in [0.717, 1.165) is 5.56 Å². The normalized spacial score (nSPS) is 14.9. The van der Waals surface area contributed by atoms with Crippen LogP contribution in [0.2, 0.25) is 5.02 Å². The van der Waals surface area contributed by atoms with E-state index in [0.29, 0.717) is 28.4 Å². The molecule has 0 aliphatic carbocycles. The van der Waals surface area contributed by atoms with E-state index in [-0.39, 0.29) is 34.7 Å². The molecule has 0 bridgehead atoms. The van der Waals surface area contributed by atoms with Crippen molar-refractivity contribution in [2.45, 2.75) is 12.5 Å². The molecule has 32 heavy (non-hydrogen) atoms. The lowest BCUT2D eigenvalue weighted by molar-refractivity contribution is 0.284. The fourth-order valence-electron chi connectivity index (χ4n) is 3.57. The van der Waals surface area contributed by atoms with Crippen LogP contribution in [0.25, 0.3) is 0 Å². The van der Waals surface area contributed by atoms with E-state index in [1.807, 2.05) is 0 Å². The third-order valence-corrected chi connectivity index (χ3v) is 5.36. The fourth-order valence-corrected chi connectivity index (χ4v) is 3.84. The summed E-state index contributed by atoms with van der Waals surface area (Å²) in [6.45, 7) is 0.158. The van der Waals surface area contributed by atoms with E-state index in [1.54, 1.807) is 30.3 Å². The molecular weight excluding hydrogens is 435 g/mol. The van der Waals surface area contributed by atoms with Crippen molar-refractivity contribution < 1.29 is 23.7 Å². The fraction of sp³-hybridized carbons (Fsp3) is 0.125. The standard InChI is InChI=1S/C24H18ClFN2O4/c1-30-21-9-14(8-19(25)23(21)31-12-13-2-4-15(26)5-3-13)22-17-7-6-16(29)10-20(17)32-24(28)18(22)11-27/h2-10,22,29H,12,28H2,1H3/t22-/m0/s1. The molecule has 0 amide bonds. The average Bonchev–Trinajstić information content (AvgIpc) is 2.77. The molecule has 0 spiro atoms. The molecule has 0 unspecified atom stereocenters. The van der Waals surface area contributed by atoms with Gasteiger partial charge in [0, 0.05) is 11.6 Å². The van der Waals surface area contributed by atoms with Gasteiger partial charge >= 0.3 is 0 Å². The van der Waals surface area contributed by atoms with Crippen LogP contribution in [-0.4, -0.2) is 12.2 Å². The Labute approximate surface area is 188 Å². The second-order valence-electron chi connectivity index (χ2n) is 7.10. The van der Waals surface area contributed by atoms with Crippen molar-refractivity contribution >= 4 is 11.6 Å². The van der Waals surface area contributed by atoms with Gasteiger partial charge < -0.3 is 25.1 Å². The lowest BCUT2D eigenvalue weighted by atomic mass is 9.83. The molecule has 3 aromatic carbocycles. The predicted octanol–water partition coefficient (Wildman–Crippen LogP) is 4.99. The molecule has 4 rings (SSSR count). The summed E-state index contributed by atoms with van der Waals surface area (Å²) in [6.07, 6.45) is 0. The maximum Gasteiger partial charge on any atom is 0.205 e. The molecule has 1 atom stereocenters. The summed E-state index contributed by atoms with van der Waals surface area (Å²) >= 11 is 6.54. The summed E-state index contributed by atoms with van der Waals surface area (Å²) in [5.74, 6) is 0.0608. The number of fused-ring (bicyclic) bond motifs is 1. The first kappa shape index (κ1) is 21.3. The first-order valence-corrected chi connectivity index (χ1v) is 9.94. The molecular formula is C24H18ClFN2O4. The van der Waals surface area contributed by atoms with Crippen LogP contribution in [0, 0.1) is 17.1 Å². The molecule has 0 aromatic heterocycles. The van der Waals surface area contributed by atoms with Crippen LogP contribution < -0.4 is 19.9 Å². The van der Waals surface area contributed by atoms with Crippen LogP contribution in [0.3, 0.4) is 0 Å². The molecule has 3 aromatic rings. The van der Waals surface area contributed by atoms with E-state index in [4.69, 9.17) is 31.5 Å². The Bertz CT molecular complexity index is 1250. The van der Waals surface area contributed by atoms with Gasteiger partial charge in [-0.3, -0.25) is 0 Å². The zero-order chi connectivity index (χ0) is 22.8. The van der Waals surface area contributed by atoms with Gasteiger partial charge in [-0.1, -0.05) is 29.8 Å². The molecule has 1 aliphatic heterocycles. The van der Waals surface area contributed by atoms with Gasteiger partial charge in [0.15, 0.2) is 11.5 Å². The number of hydrogen-bond donors (Lipinski definition) is 2. The minimum atomic E-state index is -0.582. The summed E-state index contributed by atoms with van der Waals surface area (Å²) in [5, 5.41) is 19.8. The second-order valence-corrected chi connectivity index (χ2v) is 7.50. The highest BCUT2D eigenvalue weighted by molar-refractivity contribution is 6.32. The Balaban J connectivity index is 1.74. The van der Waals surface area contributed by atoms with E-state index < -0.39 is 5.92 Å². The van der Waals surface area contributed by atoms with Crippen LogP contribution in [0.5, 0.6) is 23.0 Å². The van der Waals surface area contributed by atoms with Gasteiger partial charge in [-0.05, 0) is 41.5 Å². The zero-order valence-corrected chi connectivity index (χ0v) is 17.7. The van der Waals surface area contributed by atoms with Gasteiger partial charge in [0.05, 0.1) is 18.1 Å². The van der Waals surface area contributed by atoms with Crippen molar-refractivity contribution in [2.75, 3.05) is 7.11 Å². The van der Waals surface area contributed by atoms with E-state index in [9.17, 15) is 14.8 Å². The second kappa shape index (κ2) is 8.69. The molecule has 162 valence electrons. The van der Waals surface area contributed by atoms with Crippen molar-refractivity contribution in [1.82, 2.24) is 0 Å². The van der Waals surface area contributed by atoms with Gasteiger partial charge in [0.1, 0.15) is 35.6 Å². The number of ether oxygens (including phenoxy) is 3. The Hall–Kier alpha value is -3.89. The number of nitrogens with zero attached hydrogens (tertiary/aromatic N) is 1. The van der Waals surface area contributed by atoms with Crippen molar-refractivity contribution in [3.63, 3.8) is 0 Å². The first-order valence-electron chi connectivity index (χ1n) is 9.56. The molecule has 6 nitrogen and oxygen atoms in total. The van der Waals surface area contributed by atoms with Crippen molar-refractivity contribution in [3.8, 4) is 29.1 Å². The highest BCUT2D eigenvalue weighted by atomic mass is 35.5. The lowest BCUT2D eigenvalue weighted by Crippen LogP contribution is -2.21. The largest absolute Gasteiger partial charge is 0.508 e. The number of nitrogens with two attached hydrogens (primary N) is 1. The molecule has 0 radical (unpaired) electrons. The Morgan fingerprint density at radius 2 is 1.94 bits per heavy atom. The smallest absolute Gasteiger partial charge is 0.205 e. The van der Waals surface area contributed by atoms with Crippen molar-refractivity contribution in [2.24, 2.45) is 5.73 Å². The van der Waals surface area contributed by atoms with Crippen LogP contribution in [0.15, 0.2) is 66.1 Å². The summed E-state index contributed by atoms with van der Waals surface area (Å²) in [4.78, 5) is 0. The minimum absolute atomic E-state index is 0.0101. The summed E-state index contributed by atoms with van der Waals surface area (Å²) in [6, 6.07) is 16.0. The number of halogens is 2. The monoisotopic (exact) mass is 452 g/mol. The number of nitriles is 1. The highest BCUT2D eigenvalue weighted by Gasteiger charge is 2.32. The molecule has 1 heterocycles. The number of aromatic hydroxyl groups is 1. The zero-order valence-electron chi connectivity index (χ0n) is 16.9. The summed E-state index contributed by atoms with van der Waals surface area (Å²) < 4.78 is 30.0. The van der Waals surface area contributed by atoms with Crippen molar-refractivity contribution in [1.29, 1.82) is 5.26 Å². The van der Waals surface area contributed by atoms with Crippen molar-refractivity contribution in [3.05, 3.63) is 93.6 Å². The van der Waals surface area contributed by atoms with E-state index in [1.165, 1.54) is 31.4 Å². The molecule has 8 heteroatoms. The predicted molar refractivity (Wildman–Crippen MR) is 116 cm³/mol. The Morgan fingerprint density at radius 1 is 1.19 bits per heavy atom. The minimum Gasteiger partial charge on any atom is -0.508 e. The average molecular weight is 453 g/mol. The number of benzene rings is 3. The molecule has 0 fully saturated rings. The van der Waals surface area contributed by atoms with Crippen LogP contribution >= 0.6 is 11.6 Å². The van der Waals surface area contributed by atoms with E-state index >= 15 is 0 Å². The maximum absolute atomic E-state index is 13.1. The topological polar surface area (TPSA) is 97.7 Å². The molecule has 0 saturated heterocycles. The maximum atomic E-state index is 13.1. The van der Waals surface area contributed by atoms with Gasteiger partial charge in [-0.25, -0.2) is 4.39 Å². The van der Waals surface area contributed by atoms with Gasteiger partial charge in [-0.15, -0.1) is 0 Å². The quantitative estimate of drug-likeness (QED) is 0.566. The number of hydrogen-bond acceptors (Lipinski definition) is 6. The first-order chi connectivity index (χ1) is 15.4. The number of phenolic OH excluding ortho intramolecular Hbond substituents is 1. The number of phenols is 1. The highest BCUT2D eigenvalue weighted by Crippen LogP contribution is 2.47. The van der Waals surface area contributed by atoms with Crippen LogP contribution in [0.4, 0.5) is 4.39 Å². The Kier molecular flexibility index (Phi) is 5.80. The summed E-state index contributed by atoms with van der Waals surface area (Å²) in [5.41, 5.74) is 8.23. The van der Waals surface area contributed by atoms with Gasteiger partial charge in [0.25, 0.3) is 0 Å². The number of methoxy groups -OCH3 is 1. The Morgan fingerprint density at radius 3 is 2.62 bits per heavy atom. The molecule has 3 N–H and O–H groups in total. The number of allylic oxidation sites excluding steroid dienone is 1. The SMILES string of the molecule is COc1cc([C@@H]2C(C#N)=C(N)Oc3cc(O)ccc32)cc(Cl)c1OCc1ccc(F)cc1. The summed E-state index contributed by atoms with van der Waals surface area (Å²) in [7, 11) is 1.48. The van der Waals surface area contributed by atoms with Crippen LogP contribution in [0.1, 0.15) is 22.6 Å². The van der Waals surface area contributed by atoms with Crippen LogP contribution in [-0.2, 0) is 6.61 Å². The molecule has 1 aliphatic rings. The lowest BCUT2D eigenvalue weighted by Gasteiger charge is -2.27. The third kappa shape index (κ3) is 4.01. The molecule has 0 saturated carbocycles. The van der Waals surface area contributed by atoms with Gasteiger partial charge in [-0.2, -0.15) is 5.26 Å².